The summed E-state index contributed by atoms with van der Waals surface area (Å²) in [5.74, 6) is 0.128. The lowest BCUT2D eigenvalue weighted by atomic mass is 10.1. The van der Waals surface area contributed by atoms with E-state index < -0.39 is 12.5 Å². The molecule has 10 heteroatoms. The molecule has 31 heavy (non-hydrogen) atoms. The molecule has 0 aliphatic rings. The van der Waals surface area contributed by atoms with E-state index in [0.717, 1.165) is 11.1 Å². The standard InChI is InChI=1S/C21H19F3N4O3/c1-2-12-27(20(29)30)13-11-15-3-5-16(6-4-15)19-25-14-28(26-19)17-7-9-18(10-8-17)31-21(22,23)24/h2-10,14H,1,11-13H2,(H,29,30). The summed E-state index contributed by atoms with van der Waals surface area (Å²) in [4.78, 5) is 16.7. The number of nitrogens with zero attached hydrogens (tertiary/aromatic N) is 4. The van der Waals surface area contributed by atoms with E-state index in [9.17, 15) is 18.0 Å². The third-order valence-electron chi connectivity index (χ3n) is 4.33. The van der Waals surface area contributed by atoms with Crippen LogP contribution in [0, 0.1) is 0 Å². The zero-order valence-electron chi connectivity index (χ0n) is 16.3. The first-order chi connectivity index (χ1) is 14.7. The van der Waals surface area contributed by atoms with E-state index in [1.54, 1.807) is 0 Å². The van der Waals surface area contributed by atoms with Crippen molar-refractivity contribution >= 4 is 6.09 Å². The maximum Gasteiger partial charge on any atom is 0.573 e. The Morgan fingerprint density at radius 3 is 2.42 bits per heavy atom. The lowest BCUT2D eigenvalue weighted by Crippen LogP contribution is -2.31. The van der Waals surface area contributed by atoms with Crippen molar-refractivity contribution in [2.75, 3.05) is 13.1 Å². The molecule has 1 N–H and O–H groups in total. The quantitative estimate of drug-likeness (QED) is 0.529. The average molecular weight is 432 g/mol. The van der Waals surface area contributed by atoms with Gasteiger partial charge in [0, 0.05) is 18.7 Å². The molecule has 0 aliphatic heterocycles. The van der Waals surface area contributed by atoms with Gasteiger partial charge in [-0.2, -0.15) is 0 Å². The first-order valence-corrected chi connectivity index (χ1v) is 9.21. The van der Waals surface area contributed by atoms with Gasteiger partial charge >= 0.3 is 12.5 Å². The largest absolute Gasteiger partial charge is 0.573 e. The van der Waals surface area contributed by atoms with Crippen LogP contribution < -0.4 is 4.74 Å². The fourth-order valence-electron chi connectivity index (χ4n) is 2.83. The fourth-order valence-corrected chi connectivity index (χ4v) is 2.83. The van der Waals surface area contributed by atoms with Gasteiger partial charge in [-0.15, -0.1) is 24.8 Å². The van der Waals surface area contributed by atoms with Gasteiger partial charge in [-0.05, 0) is 36.2 Å². The van der Waals surface area contributed by atoms with Crippen LogP contribution in [0.5, 0.6) is 5.75 Å². The van der Waals surface area contributed by atoms with Crippen molar-refractivity contribution in [1.29, 1.82) is 0 Å². The molecule has 3 aromatic rings. The summed E-state index contributed by atoms with van der Waals surface area (Å²) in [7, 11) is 0. The van der Waals surface area contributed by atoms with Gasteiger partial charge in [0.2, 0.25) is 0 Å². The number of halogens is 3. The van der Waals surface area contributed by atoms with Gasteiger partial charge in [0.15, 0.2) is 5.82 Å². The van der Waals surface area contributed by atoms with Crippen LogP contribution in [-0.2, 0) is 6.42 Å². The lowest BCUT2D eigenvalue weighted by molar-refractivity contribution is -0.274. The smallest absolute Gasteiger partial charge is 0.465 e. The van der Waals surface area contributed by atoms with Gasteiger partial charge in [0.25, 0.3) is 0 Å². The maximum atomic E-state index is 12.3. The Balaban J connectivity index is 1.65. The van der Waals surface area contributed by atoms with Crippen molar-refractivity contribution in [3.63, 3.8) is 0 Å². The minimum Gasteiger partial charge on any atom is -0.465 e. The van der Waals surface area contributed by atoms with Gasteiger partial charge in [-0.3, -0.25) is 0 Å². The summed E-state index contributed by atoms with van der Waals surface area (Å²) in [5, 5.41) is 13.5. The molecular weight excluding hydrogens is 413 g/mol. The predicted molar refractivity (Wildman–Crippen MR) is 107 cm³/mol. The minimum atomic E-state index is -4.74. The zero-order chi connectivity index (χ0) is 22.4. The zero-order valence-corrected chi connectivity index (χ0v) is 16.3. The molecule has 2 aromatic carbocycles. The molecule has 3 rings (SSSR count). The molecule has 0 radical (unpaired) electrons. The van der Waals surface area contributed by atoms with Gasteiger partial charge in [-0.25, -0.2) is 14.5 Å². The maximum absolute atomic E-state index is 12.3. The van der Waals surface area contributed by atoms with Crippen molar-refractivity contribution < 1.29 is 27.8 Å². The monoisotopic (exact) mass is 432 g/mol. The minimum absolute atomic E-state index is 0.262. The number of benzene rings is 2. The Bertz CT molecular complexity index is 1030. The van der Waals surface area contributed by atoms with Crippen molar-refractivity contribution in [1.82, 2.24) is 19.7 Å². The van der Waals surface area contributed by atoms with Crippen LogP contribution in [0.25, 0.3) is 17.1 Å². The van der Waals surface area contributed by atoms with Gasteiger partial charge in [0.1, 0.15) is 12.1 Å². The molecule has 1 aromatic heterocycles. The number of rotatable bonds is 8. The Morgan fingerprint density at radius 2 is 1.84 bits per heavy atom. The second kappa shape index (κ2) is 9.33. The van der Waals surface area contributed by atoms with E-state index in [1.807, 2.05) is 24.3 Å². The molecule has 0 spiro atoms. The summed E-state index contributed by atoms with van der Waals surface area (Å²) in [6.07, 6.45) is -2.19. The third-order valence-corrected chi connectivity index (χ3v) is 4.33. The van der Waals surface area contributed by atoms with Gasteiger partial charge in [0.05, 0.1) is 5.69 Å². The summed E-state index contributed by atoms with van der Waals surface area (Å²) in [6, 6.07) is 12.7. The first-order valence-electron chi connectivity index (χ1n) is 9.21. The van der Waals surface area contributed by atoms with E-state index in [4.69, 9.17) is 5.11 Å². The number of carbonyl (C=O) groups is 1. The molecule has 1 heterocycles. The topological polar surface area (TPSA) is 80.5 Å². The van der Waals surface area contributed by atoms with Crippen molar-refractivity contribution in [3.05, 3.63) is 73.1 Å². The second-order valence-electron chi connectivity index (χ2n) is 6.52. The Kier molecular flexibility index (Phi) is 6.58. The number of alkyl halides is 3. The molecule has 0 atom stereocenters. The Morgan fingerprint density at radius 1 is 1.16 bits per heavy atom. The Labute approximate surface area is 176 Å². The van der Waals surface area contributed by atoms with Crippen LogP contribution in [0.3, 0.4) is 0 Å². The highest BCUT2D eigenvalue weighted by Crippen LogP contribution is 2.24. The van der Waals surface area contributed by atoms with E-state index >= 15 is 0 Å². The normalized spacial score (nSPS) is 11.2. The van der Waals surface area contributed by atoms with E-state index in [2.05, 4.69) is 21.4 Å². The summed E-state index contributed by atoms with van der Waals surface area (Å²) in [6.45, 7) is 4.16. The molecule has 7 nitrogen and oxygen atoms in total. The number of aromatic nitrogens is 3. The van der Waals surface area contributed by atoms with Crippen LogP contribution in [-0.4, -0.2) is 50.3 Å². The fraction of sp³-hybridized carbons (Fsp3) is 0.190. The van der Waals surface area contributed by atoms with Crippen LogP contribution in [0.15, 0.2) is 67.5 Å². The van der Waals surface area contributed by atoms with Crippen LogP contribution in [0.4, 0.5) is 18.0 Å². The molecule has 0 saturated heterocycles. The molecule has 162 valence electrons. The van der Waals surface area contributed by atoms with Gasteiger partial charge in [-0.1, -0.05) is 30.3 Å². The SMILES string of the molecule is C=CCN(CCc1ccc(-c2ncn(-c3ccc(OC(F)(F)F)cc3)n2)cc1)C(=O)O. The van der Waals surface area contributed by atoms with Crippen molar-refractivity contribution in [2.24, 2.45) is 0 Å². The highest BCUT2D eigenvalue weighted by atomic mass is 19.4. The molecule has 0 unspecified atom stereocenters. The van der Waals surface area contributed by atoms with Crippen molar-refractivity contribution in [2.45, 2.75) is 12.8 Å². The highest BCUT2D eigenvalue weighted by Gasteiger charge is 2.31. The van der Waals surface area contributed by atoms with Crippen LogP contribution in [0.2, 0.25) is 0 Å². The second-order valence-corrected chi connectivity index (χ2v) is 6.52. The van der Waals surface area contributed by atoms with Crippen LogP contribution >= 0.6 is 0 Å². The molecular formula is C21H19F3N4O3. The summed E-state index contributed by atoms with van der Waals surface area (Å²) in [5.41, 5.74) is 2.24. The summed E-state index contributed by atoms with van der Waals surface area (Å²) < 4.78 is 42.1. The number of ether oxygens (including phenoxy) is 1. The van der Waals surface area contributed by atoms with E-state index in [1.165, 1.54) is 46.3 Å². The first kappa shape index (κ1) is 21.9. The summed E-state index contributed by atoms with van der Waals surface area (Å²) >= 11 is 0. The van der Waals surface area contributed by atoms with E-state index in [0.29, 0.717) is 24.5 Å². The number of carboxylic acid groups (broad SMARTS) is 1. The molecule has 0 fully saturated rings. The van der Waals surface area contributed by atoms with E-state index in [-0.39, 0.29) is 12.3 Å². The third kappa shape index (κ3) is 6.08. The number of hydrogen-bond donors (Lipinski definition) is 1. The molecule has 0 saturated carbocycles. The van der Waals surface area contributed by atoms with Crippen molar-refractivity contribution in [3.8, 4) is 22.8 Å². The average Bonchev–Trinajstić information content (AvgIpc) is 3.21. The molecule has 0 bridgehead atoms. The number of amides is 1. The predicted octanol–water partition coefficient (Wildman–Crippen LogP) is 4.54. The molecule has 0 aliphatic carbocycles. The highest BCUT2D eigenvalue weighted by molar-refractivity contribution is 5.65. The van der Waals surface area contributed by atoms with Gasteiger partial charge < -0.3 is 14.7 Å². The Hall–Kier alpha value is -3.82. The molecule has 1 amide bonds. The number of hydrogen-bond acceptors (Lipinski definition) is 4. The lowest BCUT2D eigenvalue weighted by Gasteiger charge is -2.16. The van der Waals surface area contributed by atoms with Crippen LogP contribution in [0.1, 0.15) is 5.56 Å².